The fourth-order valence-electron chi connectivity index (χ4n) is 1.90. The maximum atomic E-state index is 12.0. The lowest BCUT2D eigenvalue weighted by molar-refractivity contribution is 0.520. The van der Waals surface area contributed by atoms with Crippen LogP contribution in [-0.2, 0) is 23.1 Å². The SMILES string of the molecule is Cc1ccsc1CNCc1ccc(S(=O)(=O)N(C)C)cc1. The van der Waals surface area contributed by atoms with E-state index in [-0.39, 0.29) is 0 Å². The molecule has 6 heteroatoms. The first kappa shape index (κ1) is 16.2. The van der Waals surface area contributed by atoms with Crippen LogP contribution in [0.15, 0.2) is 40.6 Å². The average Bonchev–Trinajstić information content (AvgIpc) is 2.85. The summed E-state index contributed by atoms with van der Waals surface area (Å²) in [5.74, 6) is 0. The van der Waals surface area contributed by atoms with Gasteiger partial charge in [-0.2, -0.15) is 0 Å². The fourth-order valence-corrected chi connectivity index (χ4v) is 3.67. The van der Waals surface area contributed by atoms with E-state index in [1.54, 1.807) is 23.5 Å². The van der Waals surface area contributed by atoms with E-state index in [2.05, 4.69) is 23.7 Å². The summed E-state index contributed by atoms with van der Waals surface area (Å²) in [6, 6.07) is 9.13. The van der Waals surface area contributed by atoms with E-state index in [1.165, 1.54) is 28.8 Å². The molecular weight excluding hydrogens is 304 g/mol. The molecule has 0 aliphatic heterocycles. The standard InChI is InChI=1S/C15H20N2O2S2/c1-12-8-9-20-15(12)11-16-10-13-4-6-14(7-5-13)21(18,19)17(2)3/h4-9,16H,10-11H2,1-3H3. The Balaban J connectivity index is 1.96. The Kier molecular flexibility index (Phi) is 5.16. The number of hydrogen-bond donors (Lipinski definition) is 1. The topological polar surface area (TPSA) is 49.4 Å². The Labute approximate surface area is 130 Å². The van der Waals surface area contributed by atoms with Gasteiger partial charge in [0.2, 0.25) is 10.0 Å². The second-order valence-electron chi connectivity index (χ2n) is 5.06. The molecule has 0 spiro atoms. The van der Waals surface area contributed by atoms with Gasteiger partial charge < -0.3 is 5.32 Å². The summed E-state index contributed by atoms with van der Waals surface area (Å²) >= 11 is 1.75. The lowest BCUT2D eigenvalue weighted by atomic mass is 10.2. The van der Waals surface area contributed by atoms with Crippen molar-refractivity contribution in [2.75, 3.05) is 14.1 Å². The van der Waals surface area contributed by atoms with Crippen molar-refractivity contribution in [3.8, 4) is 0 Å². The Morgan fingerprint density at radius 3 is 2.29 bits per heavy atom. The predicted molar refractivity (Wildman–Crippen MR) is 86.9 cm³/mol. The van der Waals surface area contributed by atoms with Gasteiger partial charge in [-0.3, -0.25) is 0 Å². The molecule has 0 saturated heterocycles. The Morgan fingerprint density at radius 2 is 1.76 bits per heavy atom. The molecule has 114 valence electrons. The quantitative estimate of drug-likeness (QED) is 0.888. The van der Waals surface area contributed by atoms with Crippen LogP contribution in [0, 0.1) is 6.92 Å². The van der Waals surface area contributed by atoms with Crippen molar-refractivity contribution in [2.24, 2.45) is 0 Å². The number of sulfonamides is 1. The van der Waals surface area contributed by atoms with E-state index in [4.69, 9.17) is 0 Å². The number of aryl methyl sites for hydroxylation is 1. The van der Waals surface area contributed by atoms with Crippen LogP contribution >= 0.6 is 11.3 Å². The van der Waals surface area contributed by atoms with Crippen molar-refractivity contribution >= 4 is 21.4 Å². The molecule has 0 radical (unpaired) electrons. The van der Waals surface area contributed by atoms with E-state index < -0.39 is 10.0 Å². The highest BCUT2D eigenvalue weighted by Crippen LogP contribution is 2.16. The van der Waals surface area contributed by atoms with Crippen LogP contribution in [0.25, 0.3) is 0 Å². The van der Waals surface area contributed by atoms with Crippen LogP contribution in [0.5, 0.6) is 0 Å². The number of hydrogen-bond acceptors (Lipinski definition) is 4. The second-order valence-corrected chi connectivity index (χ2v) is 8.21. The first-order valence-corrected chi connectivity index (χ1v) is 8.98. The summed E-state index contributed by atoms with van der Waals surface area (Å²) in [5.41, 5.74) is 2.38. The van der Waals surface area contributed by atoms with E-state index in [0.717, 1.165) is 18.7 Å². The molecule has 0 aliphatic rings. The zero-order chi connectivity index (χ0) is 15.5. The highest BCUT2D eigenvalue weighted by Gasteiger charge is 2.16. The van der Waals surface area contributed by atoms with Gasteiger partial charge in [-0.1, -0.05) is 12.1 Å². The predicted octanol–water partition coefficient (Wildman–Crippen LogP) is 2.60. The highest BCUT2D eigenvalue weighted by molar-refractivity contribution is 7.89. The molecule has 1 heterocycles. The minimum Gasteiger partial charge on any atom is -0.308 e. The number of thiophene rings is 1. The van der Waals surface area contributed by atoms with Crippen molar-refractivity contribution in [2.45, 2.75) is 24.9 Å². The lowest BCUT2D eigenvalue weighted by Gasteiger charge is -2.11. The summed E-state index contributed by atoms with van der Waals surface area (Å²) in [6.45, 7) is 3.66. The second kappa shape index (κ2) is 6.70. The first-order valence-electron chi connectivity index (χ1n) is 6.66. The van der Waals surface area contributed by atoms with E-state index in [1.807, 2.05) is 12.1 Å². The van der Waals surface area contributed by atoms with Crippen molar-refractivity contribution < 1.29 is 8.42 Å². The molecule has 2 rings (SSSR count). The molecule has 0 atom stereocenters. The molecule has 21 heavy (non-hydrogen) atoms. The minimum absolute atomic E-state index is 0.324. The minimum atomic E-state index is -3.34. The van der Waals surface area contributed by atoms with Crippen molar-refractivity contribution in [1.82, 2.24) is 9.62 Å². The normalized spacial score (nSPS) is 12.0. The summed E-state index contributed by atoms with van der Waals surface area (Å²) in [7, 11) is -0.269. The van der Waals surface area contributed by atoms with Gasteiger partial charge in [0.25, 0.3) is 0 Å². The lowest BCUT2D eigenvalue weighted by Crippen LogP contribution is -2.22. The van der Waals surface area contributed by atoms with Crippen molar-refractivity contribution in [3.05, 3.63) is 51.7 Å². The summed E-state index contributed by atoms with van der Waals surface area (Å²) in [6.07, 6.45) is 0. The van der Waals surface area contributed by atoms with Gasteiger partial charge in [0.05, 0.1) is 4.90 Å². The van der Waals surface area contributed by atoms with E-state index in [0.29, 0.717) is 4.90 Å². The van der Waals surface area contributed by atoms with Gasteiger partial charge in [-0.25, -0.2) is 12.7 Å². The number of nitrogens with one attached hydrogen (secondary N) is 1. The van der Waals surface area contributed by atoms with Gasteiger partial charge in [0, 0.05) is 32.1 Å². The van der Waals surface area contributed by atoms with E-state index in [9.17, 15) is 8.42 Å². The van der Waals surface area contributed by atoms with Crippen LogP contribution in [0.1, 0.15) is 16.0 Å². The molecule has 0 bridgehead atoms. The maximum absolute atomic E-state index is 12.0. The van der Waals surface area contributed by atoms with Crippen molar-refractivity contribution in [3.63, 3.8) is 0 Å². The van der Waals surface area contributed by atoms with Crippen LogP contribution in [0.4, 0.5) is 0 Å². The summed E-state index contributed by atoms with van der Waals surface area (Å²) in [5, 5.41) is 5.47. The summed E-state index contributed by atoms with van der Waals surface area (Å²) < 4.78 is 25.1. The first-order chi connectivity index (χ1) is 9.91. The molecule has 1 aromatic heterocycles. The van der Waals surface area contributed by atoms with Gasteiger partial charge in [0.15, 0.2) is 0 Å². The monoisotopic (exact) mass is 324 g/mol. The number of benzene rings is 1. The third kappa shape index (κ3) is 3.91. The Morgan fingerprint density at radius 1 is 1.10 bits per heavy atom. The fraction of sp³-hybridized carbons (Fsp3) is 0.333. The molecule has 0 unspecified atom stereocenters. The zero-order valence-corrected chi connectivity index (χ0v) is 14.1. The van der Waals surface area contributed by atoms with Gasteiger partial charge in [-0.05, 0) is 41.6 Å². The van der Waals surface area contributed by atoms with Gasteiger partial charge in [0.1, 0.15) is 0 Å². The Bertz CT molecular complexity index is 689. The van der Waals surface area contributed by atoms with Gasteiger partial charge >= 0.3 is 0 Å². The third-order valence-corrected chi connectivity index (χ3v) is 6.14. The largest absolute Gasteiger partial charge is 0.308 e. The summed E-state index contributed by atoms with van der Waals surface area (Å²) in [4.78, 5) is 1.66. The van der Waals surface area contributed by atoms with Crippen LogP contribution < -0.4 is 5.32 Å². The average molecular weight is 324 g/mol. The van der Waals surface area contributed by atoms with Crippen molar-refractivity contribution in [1.29, 1.82) is 0 Å². The van der Waals surface area contributed by atoms with Crippen LogP contribution in [0.2, 0.25) is 0 Å². The Hall–Kier alpha value is -1.21. The maximum Gasteiger partial charge on any atom is 0.242 e. The molecule has 0 aliphatic carbocycles. The third-order valence-electron chi connectivity index (χ3n) is 3.28. The highest BCUT2D eigenvalue weighted by atomic mass is 32.2. The molecule has 0 fully saturated rings. The smallest absolute Gasteiger partial charge is 0.242 e. The molecule has 0 saturated carbocycles. The molecule has 1 aromatic carbocycles. The molecule has 0 amide bonds. The molecule has 2 aromatic rings. The van der Waals surface area contributed by atoms with Crippen LogP contribution in [-0.4, -0.2) is 26.8 Å². The van der Waals surface area contributed by atoms with E-state index >= 15 is 0 Å². The molecular formula is C15H20N2O2S2. The zero-order valence-electron chi connectivity index (χ0n) is 12.5. The molecule has 4 nitrogen and oxygen atoms in total. The number of rotatable bonds is 6. The van der Waals surface area contributed by atoms with Gasteiger partial charge in [-0.15, -0.1) is 11.3 Å². The number of nitrogens with zero attached hydrogens (tertiary/aromatic N) is 1. The molecule has 1 N–H and O–H groups in total. The van der Waals surface area contributed by atoms with Crippen LogP contribution in [0.3, 0.4) is 0 Å².